The molecule has 0 amide bonds. The van der Waals surface area contributed by atoms with Gasteiger partial charge in [-0.2, -0.15) is 0 Å². The average Bonchev–Trinajstić information content (AvgIpc) is 3.51. The van der Waals surface area contributed by atoms with Crippen LogP contribution < -0.4 is 5.32 Å². The third-order valence-electron chi connectivity index (χ3n) is 5.98. The Kier molecular flexibility index (Phi) is 7.65. The number of hydrogen-bond acceptors (Lipinski definition) is 4. The molecule has 5 nitrogen and oxygen atoms in total. The zero-order valence-corrected chi connectivity index (χ0v) is 18.2. The summed E-state index contributed by atoms with van der Waals surface area (Å²) in [7, 11) is 0. The molecule has 158 valence electrons. The lowest BCUT2D eigenvalue weighted by Crippen LogP contribution is -2.42. The van der Waals surface area contributed by atoms with Crippen molar-refractivity contribution in [2.75, 3.05) is 45.8 Å². The van der Waals surface area contributed by atoms with Gasteiger partial charge in [-0.25, -0.2) is 0 Å². The van der Waals surface area contributed by atoms with E-state index in [1.807, 2.05) is 23.5 Å². The van der Waals surface area contributed by atoms with Crippen LogP contribution in [0.15, 0.2) is 45.3 Å². The second-order valence-electron chi connectivity index (χ2n) is 8.25. The summed E-state index contributed by atoms with van der Waals surface area (Å²) in [5.41, 5.74) is 0. The summed E-state index contributed by atoms with van der Waals surface area (Å²) in [5.74, 6) is 2.87. The van der Waals surface area contributed by atoms with Crippen molar-refractivity contribution in [1.82, 2.24) is 15.1 Å². The summed E-state index contributed by atoms with van der Waals surface area (Å²) < 4.78 is 5.47. The van der Waals surface area contributed by atoms with Gasteiger partial charge in [-0.3, -0.25) is 4.99 Å². The first-order valence-corrected chi connectivity index (χ1v) is 12.0. The standard InChI is InChI=1S/C23H34N4OS/c1-2-13-26(14-3-1)18-20-10-15-27(19-20)23(24-11-8-21-6-4-16-28-21)25-12-9-22-7-5-17-29-22/h4-7,16-17,20H,1-3,8-15,18-19H2,(H,24,25). The molecular formula is C23H34N4OS. The van der Waals surface area contributed by atoms with Crippen LogP contribution in [0.25, 0.3) is 0 Å². The highest BCUT2D eigenvalue weighted by Crippen LogP contribution is 2.20. The van der Waals surface area contributed by atoms with Gasteiger partial charge < -0.3 is 19.5 Å². The number of rotatable bonds is 8. The first-order chi connectivity index (χ1) is 14.4. The van der Waals surface area contributed by atoms with E-state index in [9.17, 15) is 0 Å². The molecule has 0 radical (unpaired) electrons. The maximum Gasteiger partial charge on any atom is 0.193 e. The first kappa shape index (κ1) is 20.5. The lowest BCUT2D eigenvalue weighted by atomic mass is 10.1. The number of aliphatic imine (C=N–C) groups is 1. The van der Waals surface area contributed by atoms with Crippen molar-refractivity contribution in [2.45, 2.75) is 38.5 Å². The second-order valence-corrected chi connectivity index (χ2v) is 9.29. The molecule has 1 unspecified atom stereocenters. The van der Waals surface area contributed by atoms with Crippen molar-refractivity contribution < 1.29 is 4.42 Å². The number of hydrogen-bond donors (Lipinski definition) is 1. The number of guanidine groups is 1. The van der Waals surface area contributed by atoms with Crippen molar-refractivity contribution in [3.8, 4) is 0 Å². The van der Waals surface area contributed by atoms with Gasteiger partial charge in [0, 0.05) is 50.4 Å². The molecule has 2 saturated heterocycles. The van der Waals surface area contributed by atoms with E-state index in [0.717, 1.165) is 56.7 Å². The molecule has 0 aromatic carbocycles. The third kappa shape index (κ3) is 6.34. The Labute approximate surface area is 178 Å². The van der Waals surface area contributed by atoms with Crippen LogP contribution in [-0.2, 0) is 12.8 Å². The highest BCUT2D eigenvalue weighted by Gasteiger charge is 2.27. The minimum atomic E-state index is 0.766. The lowest BCUT2D eigenvalue weighted by Gasteiger charge is -2.29. The molecule has 6 heteroatoms. The Bertz CT molecular complexity index is 722. The van der Waals surface area contributed by atoms with E-state index in [4.69, 9.17) is 9.41 Å². The van der Waals surface area contributed by atoms with Crippen LogP contribution in [0.4, 0.5) is 0 Å². The minimum absolute atomic E-state index is 0.766. The maximum atomic E-state index is 5.47. The van der Waals surface area contributed by atoms with Gasteiger partial charge >= 0.3 is 0 Å². The van der Waals surface area contributed by atoms with Gasteiger partial charge in [-0.05, 0) is 61.8 Å². The van der Waals surface area contributed by atoms with Crippen molar-refractivity contribution in [3.63, 3.8) is 0 Å². The summed E-state index contributed by atoms with van der Waals surface area (Å²) in [4.78, 5) is 11.5. The first-order valence-electron chi connectivity index (χ1n) is 11.2. The van der Waals surface area contributed by atoms with E-state index in [0.29, 0.717) is 0 Å². The molecule has 0 spiro atoms. The molecule has 1 N–H and O–H groups in total. The van der Waals surface area contributed by atoms with Gasteiger partial charge in [0.25, 0.3) is 0 Å². The molecule has 2 aliphatic heterocycles. The van der Waals surface area contributed by atoms with Gasteiger partial charge in [0.1, 0.15) is 5.76 Å². The van der Waals surface area contributed by atoms with Gasteiger partial charge in [-0.15, -0.1) is 11.3 Å². The van der Waals surface area contributed by atoms with Crippen LogP contribution in [0.2, 0.25) is 0 Å². The monoisotopic (exact) mass is 414 g/mol. The molecule has 2 fully saturated rings. The van der Waals surface area contributed by atoms with Crippen molar-refractivity contribution >= 4 is 17.3 Å². The van der Waals surface area contributed by atoms with Crippen LogP contribution in [0, 0.1) is 5.92 Å². The van der Waals surface area contributed by atoms with E-state index in [1.165, 1.54) is 50.2 Å². The maximum absolute atomic E-state index is 5.47. The second kappa shape index (κ2) is 10.8. The van der Waals surface area contributed by atoms with E-state index < -0.39 is 0 Å². The number of likely N-dealkylation sites (tertiary alicyclic amines) is 2. The molecule has 0 saturated carbocycles. The van der Waals surface area contributed by atoms with Crippen molar-refractivity contribution in [3.05, 3.63) is 46.5 Å². The number of piperidine rings is 1. The van der Waals surface area contributed by atoms with E-state index >= 15 is 0 Å². The van der Waals surface area contributed by atoms with Crippen LogP contribution >= 0.6 is 11.3 Å². The lowest BCUT2D eigenvalue weighted by molar-refractivity contribution is 0.198. The fourth-order valence-electron chi connectivity index (χ4n) is 4.43. The number of furan rings is 1. The van der Waals surface area contributed by atoms with Crippen LogP contribution in [0.3, 0.4) is 0 Å². The summed E-state index contributed by atoms with van der Waals surface area (Å²) in [6.07, 6.45) is 9.10. The van der Waals surface area contributed by atoms with Crippen LogP contribution in [0.1, 0.15) is 36.3 Å². The van der Waals surface area contributed by atoms with Crippen molar-refractivity contribution in [1.29, 1.82) is 0 Å². The van der Waals surface area contributed by atoms with Crippen LogP contribution in [-0.4, -0.2) is 61.6 Å². The van der Waals surface area contributed by atoms with E-state index in [-0.39, 0.29) is 0 Å². The SMILES string of the molecule is c1coc(CCNC(=NCCc2cccs2)N2CCC(CN3CCCCC3)C2)c1. The third-order valence-corrected chi connectivity index (χ3v) is 6.92. The summed E-state index contributed by atoms with van der Waals surface area (Å²) in [5, 5.41) is 5.76. The van der Waals surface area contributed by atoms with Gasteiger partial charge in [-0.1, -0.05) is 12.5 Å². The quantitative estimate of drug-likeness (QED) is 0.526. The molecule has 2 aromatic rings. The predicted octanol–water partition coefficient (Wildman–Crippen LogP) is 3.88. The normalized spacial score (nSPS) is 21.0. The van der Waals surface area contributed by atoms with Gasteiger partial charge in [0.05, 0.1) is 6.26 Å². The fraction of sp³-hybridized carbons (Fsp3) is 0.609. The molecule has 4 rings (SSSR count). The fourth-order valence-corrected chi connectivity index (χ4v) is 5.13. The predicted molar refractivity (Wildman–Crippen MR) is 121 cm³/mol. The summed E-state index contributed by atoms with van der Waals surface area (Å²) >= 11 is 1.82. The summed E-state index contributed by atoms with van der Waals surface area (Å²) in [6, 6.07) is 8.32. The zero-order chi connectivity index (χ0) is 19.7. The van der Waals surface area contributed by atoms with Gasteiger partial charge in [0.15, 0.2) is 5.96 Å². The number of nitrogens with one attached hydrogen (secondary N) is 1. The highest BCUT2D eigenvalue weighted by atomic mass is 32.1. The molecule has 2 aromatic heterocycles. The molecule has 1 atom stereocenters. The van der Waals surface area contributed by atoms with E-state index in [2.05, 4.69) is 32.6 Å². The van der Waals surface area contributed by atoms with E-state index in [1.54, 1.807) is 6.26 Å². The Balaban J connectivity index is 1.30. The Hall–Kier alpha value is -1.79. The molecule has 0 bridgehead atoms. The molecule has 2 aliphatic rings. The minimum Gasteiger partial charge on any atom is -0.469 e. The van der Waals surface area contributed by atoms with Crippen LogP contribution in [0.5, 0.6) is 0 Å². The topological polar surface area (TPSA) is 44.0 Å². The Morgan fingerprint density at radius 1 is 1.14 bits per heavy atom. The average molecular weight is 415 g/mol. The molecule has 29 heavy (non-hydrogen) atoms. The molecule has 0 aliphatic carbocycles. The number of nitrogens with zero attached hydrogens (tertiary/aromatic N) is 3. The molecule has 4 heterocycles. The smallest absolute Gasteiger partial charge is 0.193 e. The summed E-state index contributed by atoms with van der Waals surface area (Å²) in [6.45, 7) is 7.78. The Morgan fingerprint density at radius 2 is 2.07 bits per heavy atom. The zero-order valence-electron chi connectivity index (χ0n) is 17.4. The highest BCUT2D eigenvalue weighted by molar-refractivity contribution is 7.09. The Morgan fingerprint density at radius 3 is 2.86 bits per heavy atom. The van der Waals surface area contributed by atoms with Gasteiger partial charge in [0.2, 0.25) is 0 Å². The largest absolute Gasteiger partial charge is 0.469 e. The van der Waals surface area contributed by atoms with Crippen molar-refractivity contribution in [2.24, 2.45) is 10.9 Å². The molecular weight excluding hydrogens is 380 g/mol. The number of thiophene rings is 1.